The third-order valence-corrected chi connectivity index (χ3v) is 2.86. The molecule has 100 valence electrons. The van der Waals surface area contributed by atoms with Crippen molar-refractivity contribution in [3.63, 3.8) is 0 Å². The van der Waals surface area contributed by atoms with Gasteiger partial charge in [0.1, 0.15) is 0 Å². The fraction of sp³-hybridized carbons (Fsp3) is 0.533. The highest BCUT2D eigenvalue weighted by molar-refractivity contribution is 5.96. The molecule has 18 heavy (non-hydrogen) atoms. The normalized spacial score (nSPS) is 13.2. The Morgan fingerprint density at radius 1 is 1.33 bits per heavy atom. The summed E-state index contributed by atoms with van der Waals surface area (Å²) in [4.78, 5) is 12.1. The van der Waals surface area contributed by atoms with Crippen LogP contribution in [0.1, 0.15) is 50.0 Å². The zero-order valence-electron chi connectivity index (χ0n) is 11.8. The summed E-state index contributed by atoms with van der Waals surface area (Å²) in [6.07, 6.45) is 0.795. The van der Waals surface area contributed by atoms with Crippen LogP contribution in [0, 0.1) is 0 Å². The van der Waals surface area contributed by atoms with Crippen LogP contribution in [0.15, 0.2) is 24.3 Å². The van der Waals surface area contributed by atoms with Crippen LogP contribution < -0.4 is 11.1 Å². The first kappa shape index (κ1) is 14.7. The van der Waals surface area contributed by atoms with Gasteiger partial charge >= 0.3 is 0 Å². The molecule has 3 nitrogen and oxygen atoms in total. The highest BCUT2D eigenvalue weighted by Crippen LogP contribution is 2.25. The van der Waals surface area contributed by atoms with Gasteiger partial charge in [0.2, 0.25) is 0 Å². The van der Waals surface area contributed by atoms with Gasteiger partial charge < -0.3 is 11.1 Å². The standard InChI is InChI=1S/C15H24N2O/c1-11(16)9-10-17-14(18)12-7-5-6-8-13(12)15(2,3)4/h5-8,11H,9-10,16H2,1-4H3,(H,17,18). The van der Waals surface area contributed by atoms with E-state index in [2.05, 4.69) is 26.1 Å². The Kier molecular flexibility index (Phi) is 4.91. The van der Waals surface area contributed by atoms with E-state index in [1.165, 1.54) is 0 Å². The molecular weight excluding hydrogens is 224 g/mol. The fourth-order valence-corrected chi connectivity index (χ4v) is 1.84. The zero-order valence-corrected chi connectivity index (χ0v) is 11.8. The van der Waals surface area contributed by atoms with Crippen molar-refractivity contribution in [1.29, 1.82) is 0 Å². The first-order chi connectivity index (χ1) is 8.32. The molecule has 0 aliphatic heterocycles. The second-order valence-corrected chi connectivity index (χ2v) is 5.82. The number of rotatable bonds is 4. The van der Waals surface area contributed by atoms with Crippen LogP contribution in [0.4, 0.5) is 0 Å². The number of nitrogens with two attached hydrogens (primary N) is 1. The van der Waals surface area contributed by atoms with Crippen molar-refractivity contribution in [1.82, 2.24) is 5.32 Å². The maximum atomic E-state index is 12.1. The summed E-state index contributed by atoms with van der Waals surface area (Å²) in [6, 6.07) is 7.88. The van der Waals surface area contributed by atoms with E-state index in [-0.39, 0.29) is 17.4 Å². The molecule has 1 atom stereocenters. The first-order valence-corrected chi connectivity index (χ1v) is 6.45. The topological polar surface area (TPSA) is 55.1 Å². The SMILES string of the molecule is CC(N)CCNC(=O)c1ccccc1C(C)(C)C. The lowest BCUT2D eigenvalue weighted by Crippen LogP contribution is -2.30. The summed E-state index contributed by atoms with van der Waals surface area (Å²) in [5.74, 6) is -0.0128. The van der Waals surface area contributed by atoms with Crippen molar-refractivity contribution in [3.05, 3.63) is 35.4 Å². The van der Waals surface area contributed by atoms with Crippen LogP contribution in [-0.4, -0.2) is 18.5 Å². The van der Waals surface area contributed by atoms with Crippen molar-refractivity contribution in [3.8, 4) is 0 Å². The Bertz CT molecular complexity index is 405. The minimum Gasteiger partial charge on any atom is -0.352 e. The van der Waals surface area contributed by atoms with Gasteiger partial charge in [-0.05, 0) is 30.4 Å². The third kappa shape index (κ3) is 4.15. The largest absolute Gasteiger partial charge is 0.352 e. The molecule has 3 N–H and O–H groups in total. The van der Waals surface area contributed by atoms with Gasteiger partial charge in [-0.15, -0.1) is 0 Å². The number of hydrogen-bond donors (Lipinski definition) is 2. The highest BCUT2D eigenvalue weighted by atomic mass is 16.1. The molecule has 1 rings (SSSR count). The summed E-state index contributed by atoms with van der Waals surface area (Å²) in [6.45, 7) is 8.90. The second kappa shape index (κ2) is 6.01. The average molecular weight is 248 g/mol. The molecular formula is C15H24N2O. The van der Waals surface area contributed by atoms with Gasteiger partial charge in [0.25, 0.3) is 5.91 Å². The zero-order chi connectivity index (χ0) is 13.8. The van der Waals surface area contributed by atoms with Crippen LogP contribution in [0.2, 0.25) is 0 Å². The molecule has 3 heteroatoms. The molecule has 0 aromatic heterocycles. The molecule has 1 amide bonds. The summed E-state index contributed by atoms with van der Waals surface area (Å²) in [5.41, 5.74) is 7.46. The lowest BCUT2D eigenvalue weighted by Gasteiger charge is -2.22. The summed E-state index contributed by atoms with van der Waals surface area (Å²) in [7, 11) is 0. The minimum atomic E-state index is -0.0326. The van der Waals surface area contributed by atoms with Crippen molar-refractivity contribution >= 4 is 5.91 Å². The van der Waals surface area contributed by atoms with E-state index in [1.54, 1.807) is 0 Å². The number of amides is 1. The monoisotopic (exact) mass is 248 g/mol. The van der Waals surface area contributed by atoms with E-state index in [1.807, 2.05) is 31.2 Å². The lowest BCUT2D eigenvalue weighted by molar-refractivity contribution is 0.0950. The van der Waals surface area contributed by atoms with Crippen molar-refractivity contribution in [2.75, 3.05) is 6.54 Å². The molecule has 0 spiro atoms. The number of carbonyl (C=O) groups is 1. The van der Waals surface area contributed by atoms with Crippen LogP contribution in [0.25, 0.3) is 0 Å². The van der Waals surface area contributed by atoms with Crippen LogP contribution in [0.3, 0.4) is 0 Å². The molecule has 0 saturated heterocycles. The van der Waals surface area contributed by atoms with E-state index in [9.17, 15) is 4.79 Å². The second-order valence-electron chi connectivity index (χ2n) is 5.82. The fourth-order valence-electron chi connectivity index (χ4n) is 1.84. The van der Waals surface area contributed by atoms with Crippen LogP contribution in [0.5, 0.6) is 0 Å². The van der Waals surface area contributed by atoms with Crippen molar-refractivity contribution < 1.29 is 4.79 Å². The molecule has 0 radical (unpaired) electrons. The Balaban J connectivity index is 2.80. The molecule has 1 aromatic rings. The minimum absolute atomic E-state index is 0.0128. The number of nitrogens with one attached hydrogen (secondary N) is 1. The van der Waals surface area contributed by atoms with Gasteiger partial charge in [-0.1, -0.05) is 39.0 Å². The summed E-state index contributed by atoms with van der Waals surface area (Å²) >= 11 is 0. The van der Waals surface area contributed by atoms with Crippen LogP contribution in [-0.2, 0) is 5.41 Å². The van der Waals surface area contributed by atoms with Crippen molar-refractivity contribution in [2.45, 2.75) is 45.6 Å². The van der Waals surface area contributed by atoms with Crippen molar-refractivity contribution in [2.24, 2.45) is 5.73 Å². The summed E-state index contributed by atoms with van der Waals surface area (Å²) < 4.78 is 0. The van der Waals surface area contributed by atoms with Gasteiger partial charge in [0.05, 0.1) is 0 Å². The van der Waals surface area contributed by atoms with Gasteiger partial charge in [-0.3, -0.25) is 4.79 Å². The average Bonchev–Trinajstić information content (AvgIpc) is 2.27. The lowest BCUT2D eigenvalue weighted by atomic mass is 9.83. The molecule has 0 aliphatic rings. The summed E-state index contributed by atoms with van der Waals surface area (Å²) in [5, 5.41) is 2.92. The van der Waals surface area contributed by atoms with Gasteiger partial charge in [0.15, 0.2) is 0 Å². The molecule has 0 aliphatic carbocycles. The first-order valence-electron chi connectivity index (χ1n) is 6.45. The number of benzene rings is 1. The number of carbonyl (C=O) groups excluding carboxylic acids is 1. The Hall–Kier alpha value is -1.35. The van der Waals surface area contributed by atoms with Gasteiger partial charge in [-0.2, -0.15) is 0 Å². The Morgan fingerprint density at radius 3 is 2.50 bits per heavy atom. The van der Waals surface area contributed by atoms with Crippen LogP contribution >= 0.6 is 0 Å². The quantitative estimate of drug-likeness (QED) is 0.860. The molecule has 0 bridgehead atoms. The van der Waals surface area contributed by atoms with Gasteiger partial charge in [-0.25, -0.2) is 0 Å². The predicted molar refractivity (Wildman–Crippen MR) is 75.7 cm³/mol. The third-order valence-electron chi connectivity index (χ3n) is 2.86. The Morgan fingerprint density at radius 2 is 1.94 bits per heavy atom. The van der Waals surface area contributed by atoms with E-state index in [0.717, 1.165) is 17.5 Å². The molecule has 1 aromatic carbocycles. The van der Waals surface area contributed by atoms with Gasteiger partial charge in [0, 0.05) is 18.2 Å². The Labute approximate surface area is 110 Å². The molecule has 0 fully saturated rings. The van der Waals surface area contributed by atoms with E-state index >= 15 is 0 Å². The smallest absolute Gasteiger partial charge is 0.251 e. The van der Waals surface area contributed by atoms with E-state index in [0.29, 0.717) is 6.54 Å². The predicted octanol–water partition coefficient (Wildman–Crippen LogP) is 2.45. The maximum absolute atomic E-state index is 12.1. The van der Waals surface area contributed by atoms with E-state index in [4.69, 9.17) is 5.73 Å². The maximum Gasteiger partial charge on any atom is 0.251 e. The molecule has 1 unspecified atom stereocenters. The molecule has 0 saturated carbocycles. The highest BCUT2D eigenvalue weighted by Gasteiger charge is 2.20. The molecule has 0 heterocycles. The van der Waals surface area contributed by atoms with E-state index < -0.39 is 0 Å². The number of hydrogen-bond acceptors (Lipinski definition) is 2.